The minimum Gasteiger partial charge on any atom is -0.432 e. The molecule has 0 amide bonds. The van der Waals surface area contributed by atoms with E-state index >= 15 is 8.78 Å². The summed E-state index contributed by atoms with van der Waals surface area (Å²) in [6.07, 6.45) is 8.84. The molecule has 0 N–H and O–H groups in total. The van der Waals surface area contributed by atoms with Crippen LogP contribution >= 0.6 is 0 Å². The minimum atomic E-state index is -4.98. The molecule has 2 aromatic carbocycles. The zero-order valence-corrected chi connectivity index (χ0v) is 26.6. The van der Waals surface area contributed by atoms with Crippen molar-refractivity contribution in [2.75, 3.05) is 0 Å². The van der Waals surface area contributed by atoms with Crippen molar-refractivity contribution < 1.29 is 39.9 Å². The Hall–Kier alpha value is -2.32. The van der Waals surface area contributed by atoms with E-state index in [9.17, 15) is 26.3 Å². The average Bonchev–Trinajstić information content (AvgIpc) is 3.01. The third-order valence-electron chi connectivity index (χ3n) is 11.3. The van der Waals surface area contributed by atoms with Crippen LogP contribution in [0.2, 0.25) is 0 Å². The maximum atomic E-state index is 15.2. The third-order valence-corrected chi connectivity index (χ3v) is 11.3. The molecule has 3 saturated carbocycles. The summed E-state index contributed by atoms with van der Waals surface area (Å²) >= 11 is 0. The van der Waals surface area contributed by atoms with Crippen molar-refractivity contribution >= 4 is 0 Å². The van der Waals surface area contributed by atoms with E-state index < -0.39 is 58.1 Å². The van der Waals surface area contributed by atoms with Crippen molar-refractivity contribution in [2.24, 2.45) is 35.5 Å². The number of alkyl halides is 5. The first-order valence-electron chi connectivity index (χ1n) is 17.3. The van der Waals surface area contributed by atoms with E-state index in [4.69, 9.17) is 4.74 Å². The highest BCUT2D eigenvalue weighted by atomic mass is 19.4. The largest absolute Gasteiger partial charge is 0.432 e. The van der Waals surface area contributed by atoms with Crippen LogP contribution in [0.15, 0.2) is 30.3 Å². The molecule has 3 fully saturated rings. The molecule has 0 saturated heterocycles. The quantitative estimate of drug-likeness (QED) is 0.182. The Labute approximate surface area is 267 Å². The number of rotatable bonds is 10. The molecular weight excluding hydrogens is 612 g/mol. The van der Waals surface area contributed by atoms with Gasteiger partial charge in [-0.15, -0.1) is 0 Å². The molecule has 0 radical (unpaired) electrons. The normalized spacial score (nSPS) is 27.8. The second-order valence-corrected chi connectivity index (χ2v) is 14.2. The smallest absolute Gasteiger partial charge is 0.419 e. The van der Waals surface area contributed by atoms with Gasteiger partial charge in [0.15, 0.2) is 0 Å². The molecule has 1 nitrogen and oxygen atoms in total. The molecule has 0 atom stereocenters. The third kappa shape index (κ3) is 8.39. The monoisotopic (exact) mass is 658 g/mol. The Bertz CT molecular complexity index is 1260. The molecule has 0 aliphatic heterocycles. The van der Waals surface area contributed by atoms with E-state index in [0.717, 1.165) is 36.7 Å². The van der Waals surface area contributed by atoms with Crippen molar-refractivity contribution in [2.45, 2.75) is 122 Å². The molecule has 0 aromatic heterocycles. The lowest BCUT2D eigenvalue weighted by molar-refractivity contribution is -0.224. The standard InChI is InChI=1S/C37H46F8O/c1-2-3-4-5-23-6-8-24(9-7-23)25-10-12-26(13-11-25)27-14-17-29(18-15-27)37(44,45)46-30-21-33(39)35(34(40)22-30)28-16-19-31(32(38)20-28)36(41,42)43/h16,19-27,29H,2-15,17-18H2,1H3. The van der Waals surface area contributed by atoms with Crippen LogP contribution in [-0.4, -0.2) is 6.11 Å². The van der Waals surface area contributed by atoms with Crippen molar-refractivity contribution in [3.8, 4) is 16.9 Å². The molecule has 9 heteroatoms. The summed E-state index contributed by atoms with van der Waals surface area (Å²) in [5.41, 5.74) is -2.89. The van der Waals surface area contributed by atoms with Gasteiger partial charge in [-0.25, -0.2) is 13.2 Å². The topological polar surface area (TPSA) is 9.23 Å². The van der Waals surface area contributed by atoms with E-state index in [1.165, 1.54) is 64.2 Å². The summed E-state index contributed by atoms with van der Waals surface area (Å²) in [6.45, 7) is 2.25. The lowest BCUT2D eigenvalue weighted by Crippen LogP contribution is -2.38. The summed E-state index contributed by atoms with van der Waals surface area (Å²) in [4.78, 5) is 0. The summed E-state index contributed by atoms with van der Waals surface area (Å²) in [5.74, 6) is -2.70. The molecule has 0 unspecified atom stereocenters. The summed E-state index contributed by atoms with van der Waals surface area (Å²) in [6, 6.07) is 2.60. The van der Waals surface area contributed by atoms with Crippen LogP contribution in [-0.2, 0) is 6.18 Å². The number of ether oxygens (including phenoxy) is 1. The maximum absolute atomic E-state index is 15.2. The van der Waals surface area contributed by atoms with Gasteiger partial charge in [-0.1, -0.05) is 51.5 Å². The fraction of sp³-hybridized carbons (Fsp3) is 0.676. The van der Waals surface area contributed by atoms with Crippen LogP contribution in [0.5, 0.6) is 5.75 Å². The molecule has 0 heterocycles. The lowest BCUT2D eigenvalue weighted by Gasteiger charge is -2.42. The van der Waals surface area contributed by atoms with Gasteiger partial charge in [-0.05, 0) is 111 Å². The minimum absolute atomic E-state index is 0.257. The number of unbranched alkanes of at least 4 members (excludes halogenated alkanes) is 2. The van der Waals surface area contributed by atoms with Crippen LogP contribution in [0.25, 0.3) is 11.1 Å². The van der Waals surface area contributed by atoms with Gasteiger partial charge < -0.3 is 4.74 Å². The van der Waals surface area contributed by atoms with Crippen molar-refractivity contribution in [1.82, 2.24) is 0 Å². The van der Waals surface area contributed by atoms with Crippen LogP contribution in [0.3, 0.4) is 0 Å². The Balaban J connectivity index is 1.10. The predicted octanol–water partition coefficient (Wildman–Crippen LogP) is 12.8. The van der Waals surface area contributed by atoms with Crippen LogP contribution < -0.4 is 4.74 Å². The Morgan fingerprint density at radius 2 is 1.13 bits per heavy atom. The Morgan fingerprint density at radius 3 is 1.61 bits per heavy atom. The van der Waals surface area contributed by atoms with E-state index in [1.54, 1.807) is 0 Å². The first kappa shape index (κ1) is 35.0. The maximum Gasteiger partial charge on any atom is 0.419 e. The van der Waals surface area contributed by atoms with Crippen LogP contribution in [0.4, 0.5) is 35.1 Å². The van der Waals surface area contributed by atoms with Gasteiger partial charge in [0.05, 0.1) is 17.0 Å². The zero-order valence-electron chi connectivity index (χ0n) is 26.6. The van der Waals surface area contributed by atoms with Crippen molar-refractivity contribution in [3.05, 3.63) is 53.3 Å². The van der Waals surface area contributed by atoms with Crippen LogP contribution in [0, 0.1) is 53.0 Å². The fourth-order valence-electron chi connectivity index (χ4n) is 8.67. The molecule has 256 valence electrons. The highest BCUT2D eigenvalue weighted by molar-refractivity contribution is 5.66. The van der Waals surface area contributed by atoms with Gasteiger partial charge in [0.1, 0.15) is 23.2 Å². The Kier molecular flexibility index (Phi) is 11.3. The molecular formula is C37H46F8O. The van der Waals surface area contributed by atoms with E-state index in [1.807, 2.05) is 0 Å². The van der Waals surface area contributed by atoms with Crippen LogP contribution in [0.1, 0.15) is 115 Å². The summed E-state index contributed by atoms with van der Waals surface area (Å²) in [7, 11) is 0. The van der Waals surface area contributed by atoms with Gasteiger partial charge in [-0.2, -0.15) is 22.0 Å². The number of benzene rings is 2. The first-order chi connectivity index (χ1) is 21.9. The highest BCUT2D eigenvalue weighted by Crippen LogP contribution is 2.48. The molecule has 2 aromatic rings. The molecule has 0 spiro atoms. The average molecular weight is 659 g/mol. The SMILES string of the molecule is CCCCCC1CCC(C2CCC(C3CCC(C(F)(F)Oc4cc(F)c(-c5ccc(C(F)(F)F)c(F)c5)c(F)c4)CC3)CC2)CC1. The Morgan fingerprint density at radius 1 is 0.630 bits per heavy atom. The van der Waals surface area contributed by atoms with Gasteiger partial charge in [0, 0.05) is 12.1 Å². The van der Waals surface area contributed by atoms with Crippen molar-refractivity contribution in [1.29, 1.82) is 0 Å². The first-order valence-corrected chi connectivity index (χ1v) is 17.3. The van der Waals surface area contributed by atoms with E-state index in [2.05, 4.69) is 6.92 Å². The highest BCUT2D eigenvalue weighted by Gasteiger charge is 2.45. The van der Waals surface area contributed by atoms with E-state index in [-0.39, 0.29) is 12.8 Å². The molecule has 3 aliphatic rings. The number of hydrogen-bond acceptors (Lipinski definition) is 1. The number of halogens is 8. The van der Waals surface area contributed by atoms with Gasteiger partial charge in [0.25, 0.3) is 0 Å². The summed E-state index contributed by atoms with van der Waals surface area (Å²) < 4.78 is 118. The second-order valence-electron chi connectivity index (χ2n) is 14.2. The lowest BCUT2D eigenvalue weighted by atomic mass is 9.65. The predicted molar refractivity (Wildman–Crippen MR) is 163 cm³/mol. The fourth-order valence-corrected chi connectivity index (χ4v) is 8.67. The van der Waals surface area contributed by atoms with E-state index in [0.29, 0.717) is 48.9 Å². The van der Waals surface area contributed by atoms with Gasteiger partial charge >= 0.3 is 12.3 Å². The molecule has 46 heavy (non-hydrogen) atoms. The van der Waals surface area contributed by atoms with Gasteiger partial charge in [-0.3, -0.25) is 0 Å². The molecule has 3 aliphatic carbocycles. The number of hydrogen-bond donors (Lipinski definition) is 0. The van der Waals surface area contributed by atoms with Crippen molar-refractivity contribution in [3.63, 3.8) is 0 Å². The summed E-state index contributed by atoms with van der Waals surface area (Å²) in [5, 5.41) is 0. The van der Waals surface area contributed by atoms with Gasteiger partial charge in [0.2, 0.25) is 0 Å². The molecule has 5 rings (SSSR count). The second kappa shape index (κ2) is 14.8. The molecule has 0 bridgehead atoms. The zero-order chi connectivity index (χ0) is 33.1.